The van der Waals surface area contributed by atoms with Crippen molar-refractivity contribution in [2.45, 2.75) is 12.0 Å². The Morgan fingerprint density at radius 3 is 2.83 bits per heavy atom. The van der Waals surface area contributed by atoms with E-state index >= 15 is 0 Å². The van der Waals surface area contributed by atoms with Crippen LogP contribution in [0, 0.1) is 0 Å². The van der Waals surface area contributed by atoms with E-state index in [-0.39, 0.29) is 17.8 Å². The van der Waals surface area contributed by atoms with Gasteiger partial charge in [-0.2, -0.15) is 0 Å². The molecule has 2 aliphatic heterocycles. The predicted molar refractivity (Wildman–Crippen MR) is 66.2 cm³/mol. The molecule has 0 aliphatic carbocycles. The monoisotopic (exact) mass is 240 g/mol. The molecule has 2 atom stereocenters. The third kappa shape index (κ3) is 1.24. The number of benzene rings is 2. The molecular formula is C15H12O3. The molecular weight excluding hydrogens is 228 g/mol. The number of rotatable bonds is 0. The maximum Gasteiger partial charge on any atom is 0.138 e. The lowest BCUT2D eigenvalue weighted by Crippen LogP contribution is -2.22. The minimum atomic E-state index is 0.00625. The highest BCUT2D eigenvalue weighted by Gasteiger charge is 2.40. The summed E-state index contributed by atoms with van der Waals surface area (Å²) >= 11 is 0. The molecule has 18 heavy (non-hydrogen) atoms. The minimum Gasteiger partial charge on any atom is -0.508 e. The van der Waals surface area contributed by atoms with Crippen LogP contribution in [0.2, 0.25) is 0 Å². The number of para-hydroxylation sites is 1. The van der Waals surface area contributed by atoms with E-state index in [1.54, 1.807) is 12.1 Å². The van der Waals surface area contributed by atoms with Crippen molar-refractivity contribution in [1.82, 2.24) is 0 Å². The van der Waals surface area contributed by atoms with Gasteiger partial charge in [0.2, 0.25) is 0 Å². The van der Waals surface area contributed by atoms with E-state index in [9.17, 15) is 5.11 Å². The van der Waals surface area contributed by atoms with Crippen LogP contribution >= 0.6 is 0 Å². The van der Waals surface area contributed by atoms with Gasteiger partial charge in [-0.15, -0.1) is 0 Å². The Morgan fingerprint density at radius 1 is 1.00 bits per heavy atom. The highest BCUT2D eigenvalue weighted by Crippen LogP contribution is 2.51. The Hall–Kier alpha value is -2.16. The minimum absolute atomic E-state index is 0.00625. The first kappa shape index (κ1) is 9.83. The van der Waals surface area contributed by atoms with Crippen molar-refractivity contribution in [1.29, 1.82) is 0 Å². The molecule has 0 bridgehead atoms. The first-order chi connectivity index (χ1) is 8.83. The Morgan fingerprint density at radius 2 is 1.89 bits per heavy atom. The van der Waals surface area contributed by atoms with E-state index in [0.717, 1.165) is 17.1 Å². The Bertz CT molecular complexity index is 621. The molecule has 0 unspecified atom stereocenters. The van der Waals surface area contributed by atoms with Crippen LogP contribution in [0.25, 0.3) is 0 Å². The maximum atomic E-state index is 9.48. The summed E-state index contributed by atoms with van der Waals surface area (Å²) in [5, 5.41) is 9.48. The smallest absolute Gasteiger partial charge is 0.138 e. The summed E-state index contributed by atoms with van der Waals surface area (Å²) in [6, 6.07) is 13.3. The second-order valence-corrected chi connectivity index (χ2v) is 4.72. The van der Waals surface area contributed by atoms with Gasteiger partial charge in [-0.1, -0.05) is 18.2 Å². The normalized spacial score (nSPS) is 23.3. The van der Waals surface area contributed by atoms with Gasteiger partial charge in [0.25, 0.3) is 0 Å². The molecule has 0 spiro atoms. The average Bonchev–Trinajstić information content (AvgIpc) is 2.77. The van der Waals surface area contributed by atoms with Crippen molar-refractivity contribution >= 4 is 0 Å². The lowest BCUT2D eigenvalue weighted by molar-refractivity contribution is 0.139. The quantitative estimate of drug-likeness (QED) is 0.769. The summed E-state index contributed by atoms with van der Waals surface area (Å²) in [5.41, 5.74) is 2.22. The van der Waals surface area contributed by atoms with Crippen LogP contribution < -0.4 is 9.47 Å². The van der Waals surface area contributed by atoms with Gasteiger partial charge in [-0.05, 0) is 18.2 Å². The van der Waals surface area contributed by atoms with E-state index in [4.69, 9.17) is 9.47 Å². The lowest BCUT2D eigenvalue weighted by Gasteiger charge is -2.27. The van der Waals surface area contributed by atoms with E-state index in [0.29, 0.717) is 6.61 Å². The van der Waals surface area contributed by atoms with Crippen molar-refractivity contribution < 1.29 is 14.6 Å². The SMILES string of the molecule is Oc1ccc2c(c1)OC[C@H]1c3ccccc3O[C@@H]21. The van der Waals surface area contributed by atoms with Gasteiger partial charge in [0.1, 0.15) is 23.4 Å². The van der Waals surface area contributed by atoms with Crippen LogP contribution in [-0.4, -0.2) is 11.7 Å². The number of ether oxygens (including phenoxy) is 2. The molecule has 0 saturated heterocycles. The summed E-state index contributed by atoms with van der Waals surface area (Å²) in [5.74, 6) is 2.14. The summed E-state index contributed by atoms with van der Waals surface area (Å²) < 4.78 is 11.8. The Kier molecular flexibility index (Phi) is 1.87. The molecule has 2 aliphatic rings. The van der Waals surface area contributed by atoms with Gasteiger partial charge < -0.3 is 14.6 Å². The fourth-order valence-corrected chi connectivity index (χ4v) is 2.80. The second-order valence-electron chi connectivity index (χ2n) is 4.72. The van der Waals surface area contributed by atoms with Gasteiger partial charge >= 0.3 is 0 Å². The zero-order valence-corrected chi connectivity index (χ0v) is 9.67. The third-order valence-electron chi connectivity index (χ3n) is 3.66. The van der Waals surface area contributed by atoms with Crippen molar-refractivity contribution in [2.24, 2.45) is 0 Å². The van der Waals surface area contributed by atoms with Crippen LogP contribution in [-0.2, 0) is 0 Å². The Labute approximate surface area is 105 Å². The van der Waals surface area contributed by atoms with Crippen molar-refractivity contribution in [3.8, 4) is 17.2 Å². The lowest BCUT2D eigenvalue weighted by atomic mass is 9.89. The number of phenols is 1. The number of hydrogen-bond acceptors (Lipinski definition) is 3. The molecule has 2 aromatic carbocycles. The number of hydrogen-bond donors (Lipinski definition) is 1. The molecule has 90 valence electrons. The fraction of sp³-hybridized carbons (Fsp3) is 0.200. The van der Waals surface area contributed by atoms with Crippen LogP contribution in [0.4, 0.5) is 0 Å². The van der Waals surface area contributed by atoms with Crippen LogP contribution in [0.1, 0.15) is 23.1 Å². The molecule has 0 amide bonds. The van der Waals surface area contributed by atoms with E-state index in [1.165, 1.54) is 5.56 Å². The van der Waals surface area contributed by atoms with E-state index in [1.807, 2.05) is 24.3 Å². The first-order valence-electron chi connectivity index (χ1n) is 6.04. The standard InChI is InChI=1S/C15H12O3/c16-9-5-6-11-14(7-9)17-8-12-10-3-1-2-4-13(10)18-15(11)12/h1-7,12,15-16H,8H2/t12-,15-/m0/s1. The number of fused-ring (bicyclic) bond motifs is 5. The summed E-state index contributed by atoms with van der Waals surface area (Å²) in [4.78, 5) is 0. The second kappa shape index (κ2) is 3.42. The summed E-state index contributed by atoms with van der Waals surface area (Å²) in [6.07, 6.45) is 0.00625. The van der Waals surface area contributed by atoms with Gasteiger partial charge in [0.15, 0.2) is 0 Å². The highest BCUT2D eigenvalue weighted by atomic mass is 16.5. The predicted octanol–water partition coefficient (Wildman–Crippen LogP) is 3.00. The average molecular weight is 240 g/mol. The fourth-order valence-electron chi connectivity index (χ4n) is 2.80. The van der Waals surface area contributed by atoms with Crippen molar-refractivity contribution in [3.63, 3.8) is 0 Å². The molecule has 0 saturated carbocycles. The van der Waals surface area contributed by atoms with Gasteiger partial charge in [0.05, 0.1) is 12.5 Å². The van der Waals surface area contributed by atoms with Gasteiger partial charge in [-0.25, -0.2) is 0 Å². The maximum absolute atomic E-state index is 9.48. The van der Waals surface area contributed by atoms with Crippen molar-refractivity contribution in [2.75, 3.05) is 6.61 Å². The molecule has 0 radical (unpaired) electrons. The zero-order valence-electron chi connectivity index (χ0n) is 9.67. The molecule has 1 N–H and O–H groups in total. The summed E-state index contributed by atoms with van der Waals surface area (Å²) in [6.45, 7) is 0.595. The Balaban J connectivity index is 1.83. The molecule has 4 rings (SSSR count). The molecule has 0 aromatic heterocycles. The molecule has 3 heteroatoms. The largest absolute Gasteiger partial charge is 0.508 e. The topological polar surface area (TPSA) is 38.7 Å². The first-order valence-corrected chi connectivity index (χ1v) is 6.04. The number of phenolic OH excluding ortho intramolecular Hbond substituents is 1. The van der Waals surface area contributed by atoms with Crippen LogP contribution in [0.15, 0.2) is 42.5 Å². The summed E-state index contributed by atoms with van der Waals surface area (Å²) in [7, 11) is 0. The highest BCUT2D eigenvalue weighted by molar-refractivity contribution is 5.50. The molecule has 3 nitrogen and oxygen atoms in total. The number of aromatic hydroxyl groups is 1. The van der Waals surface area contributed by atoms with Crippen LogP contribution in [0.3, 0.4) is 0 Å². The van der Waals surface area contributed by atoms with Gasteiger partial charge in [-0.3, -0.25) is 0 Å². The van der Waals surface area contributed by atoms with Crippen molar-refractivity contribution in [3.05, 3.63) is 53.6 Å². The zero-order chi connectivity index (χ0) is 12.1. The van der Waals surface area contributed by atoms with E-state index in [2.05, 4.69) is 6.07 Å². The third-order valence-corrected chi connectivity index (χ3v) is 3.66. The molecule has 2 aromatic rings. The van der Waals surface area contributed by atoms with E-state index < -0.39 is 0 Å². The van der Waals surface area contributed by atoms with Gasteiger partial charge in [0, 0.05) is 17.2 Å². The molecule has 0 fully saturated rings. The van der Waals surface area contributed by atoms with Crippen LogP contribution in [0.5, 0.6) is 17.2 Å². The molecule has 2 heterocycles.